The van der Waals surface area contributed by atoms with Crippen LogP contribution in [-0.2, 0) is 14.8 Å². The molecule has 0 fully saturated rings. The Morgan fingerprint density at radius 1 is 1.30 bits per heavy atom. The molecule has 0 saturated heterocycles. The fraction of sp³-hybridized carbons (Fsp3) is 0.200. The van der Waals surface area contributed by atoms with Crippen LogP contribution in [0.2, 0.25) is 0 Å². The summed E-state index contributed by atoms with van der Waals surface area (Å²) in [5, 5.41) is 8.63. The second-order valence-corrected chi connectivity index (χ2v) is 7.52. The monoisotopic (exact) mass is 351 g/mol. The van der Waals surface area contributed by atoms with Gasteiger partial charge in [0.15, 0.2) is 0 Å². The maximum atomic E-state index is 12.1. The van der Waals surface area contributed by atoms with Gasteiger partial charge in [0, 0.05) is 11.9 Å². The van der Waals surface area contributed by atoms with Crippen LogP contribution in [0.3, 0.4) is 0 Å². The van der Waals surface area contributed by atoms with Gasteiger partial charge in [0.25, 0.3) is 0 Å². The molecule has 8 heteroatoms. The molecular formula is C15H17N3O3S2. The molecule has 2 aromatic rings. The molecule has 3 N–H and O–H groups in total. The van der Waals surface area contributed by atoms with Gasteiger partial charge in [-0.2, -0.15) is 0 Å². The van der Waals surface area contributed by atoms with E-state index in [2.05, 4.69) is 10.3 Å². The summed E-state index contributed by atoms with van der Waals surface area (Å²) in [4.78, 5) is 16.2. The Bertz CT molecular complexity index is 821. The van der Waals surface area contributed by atoms with Gasteiger partial charge in [-0.15, -0.1) is 0 Å². The van der Waals surface area contributed by atoms with Crippen molar-refractivity contribution in [2.75, 3.05) is 11.1 Å². The van der Waals surface area contributed by atoms with E-state index < -0.39 is 10.0 Å². The van der Waals surface area contributed by atoms with E-state index in [1.54, 1.807) is 19.2 Å². The summed E-state index contributed by atoms with van der Waals surface area (Å²) in [6, 6.07) is 8.32. The molecule has 0 unspecified atom stereocenters. The van der Waals surface area contributed by atoms with E-state index in [-0.39, 0.29) is 16.6 Å². The van der Waals surface area contributed by atoms with E-state index in [1.165, 1.54) is 23.9 Å². The van der Waals surface area contributed by atoms with Crippen molar-refractivity contribution in [1.82, 2.24) is 4.98 Å². The Labute approximate surface area is 139 Å². The zero-order valence-electron chi connectivity index (χ0n) is 12.7. The van der Waals surface area contributed by atoms with E-state index in [0.717, 1.165) is 16.2 Å². The third kappa shape index (κ3) is 4.78. The van der Waals surface area contributed by atoms with Crippen LogP contribution >= 0.6 is 11.8 Å². The molecule has 23 heavy (non-hydrogen) atoms. The van der Waals surface area contributed by atoms with Gasteiger partial charge in [-0.25, -0.2) is 18.5 Å². The van der Waals surface area contributed by atoms with Crippen molar-refractivity contribution < 1.29 is 13.2 Å². The van der Waals surface area contributed by atoms with Gasteiger partial charge in [-0.3, -0.25) is 4.79 Å². The molecule has 0 aliphatic heterocycles. The fourth-order valence-electron chi connectivity index (χ4n) is 1.88. The zero-order valence-corrected chi connectivity index (χ0v) is 14.4. The molecule has 122 valence electrons. The third-order valence-electron chi connectivity index (χ3n) is 3.23. The van der Waals surface area contributed by atoms with Crippen LogP contribution in [0.25, 0.3) is 0 Å². The van der Waals surface area contributed by atoms with Gasteiger partial charge in [0.1, 0.15) is 0 Å². The molecule has 1 amide bonds. The molecule has 6 nitrogen and oxygen atoms in total. The Kier molecular flexibility index (Phi) is 5.40. The number of anilines is 1. The maximum Gasteiger partial charge on any atom is 0.238 e. The van der Waals surface area contributed by atoms with Crippen LogP contribution in [0.15, 0.2) is 46.5 Å². The SMILES string of the molecule is Cc1cc(S(N)(=O)=O)cc(NC(=O)CSc2ccccn2)c1C. The van der Waals surface area contributed by atoms with E-state index in [9.17, 15) is 13.2 Å². The number of nitrogens with zero attached hydrogens (tertiary/aromatic N) is 1. The fourth-order valence-corrected chi connectivity index (χ4v) is 3.16. The Morgan fingerprint density at radius 2 is 2.04 bits per heavy atom. The summed E-state index contributed by atoms with van der Waals surface area (Å²) >= 11 is 1.30. The highest BCUT2D eigenvalue weighted by Crippen LogP contribution is 2.24. The lowest BCUT2D eigenvalue weighted by Gasteiger charge is -2.12. The number of rotatable bonds is 5. The predicted octanol–water partition coefficient (Wildman–Crippen LogP) is 2.08. The molecule has 0 bridgehead atoms. The molecule has 0 spiro atoms. The van der Waals surface area contributed by atoms with Crippen molar-refractivity contribution in [3.63, 3.8) is 0 Å². The predicted molar refractivity (Wildman–Crippen MR) is 90.9 cm³/mol. The van der Waals surface area contributed by atoms with Crippen molar-refractivity contribution >= 4 is 33.4 Å². The lowest BCUT2D eigenvalue weighted by molar-refractivity contribution is -0.113. The highest BCUT2D eigenvalue weighted by molar-refractivity contribution is 7.99. The smallest absolute Gasteiger partial charge is 0.238 e. The van der Waals surface area contributed by atoms with Crippen LogP contribution in [-0.4, -0.2) is 25.1 Å². The van der Waals surface area contributed by atoms with E-state index in [0.29, 0.717) is 5.69 Å². The topological polar surface area (TPSA) is 102 Å². The van der Waals surface area contributed by atoms with Gasteiger partial charge >= 0.3 is 0 Å². The molecule has 1 aromatic heterocycles. The number of aromatic nitrogens is 1. The van der Waals surface area contributed by atoms with Gasteiger partial charge in [-0.1, -0.05) is 17.8 Å². The number of amides is 1. The summed E-state index contributed by atoms with van der Waals surface area (Å²) in [7, 11) is -3.82. The van der Waals surface area contributed by atoms with Crippen molar-refractivity contribution in [2.24, 2.45) is 5.14 Å². The van der Waals surface area contributed by atoms with Crippen LogP contribution in [0.4, 0.5) is 5.69 Å². The highest BCUT2D eigenvalue weighted by Gasteiger charge is 2.14. The van der Waals surface area contributed by atoms with E-state index in [1.807, 2.05) is 19.1 Å². The molecule has 0 atom stereocenters. The number of benzene rings is 1. The quantitative estimate of drug-likeness (QED) is 0.803. The molecule has 0 aliphatic carbocycles. The summed E-state index contributed by atoms with van der Waals surface area (Å²) in [5.74, 6) is -0.0653. The van der Waals surface area contributed by atoms with Crippen molar-refractivity contribution in [2.45, 2.75) is 23.8 Å². The Hall–Kier alpha value is -1.90. The minimum Gasteiger partial charge on any atom is -0.325 e. The first kappa shape index (κ1) is 17.5. The van der Waals surface area contributed by atoms with Crippen molar-refractivity contribution in [3.8, 4) is 0 Å². The number of primary sulfonamides is 1. The number of thioether (sulfide) groups is 1. The van der Waals surface area contributed by atoms with Crippen molar-refractivity contribution in [3.05, 3.63) is 47.7 Å². The number of hydrogen-bond acceptors (Lipinski definition) is 5. The molecule has 1 aromatic carbocycles. The Balaban J connectivity index is 2.13. The second-order valence-electron chi connectivity index (χ2n) is 4.96. The minimum absolute atomic E-state index is 0.0201. The number of hydrogen-bond donors (Lipinski definition) is 2. The normalized spacial score (nSPS) is 11.3. The van der Waals surface area contributed by atoms with Gasteiger partial charge in [0.05, 0.1) is 15.7 Å². The number of sulfonamides is 1. The summed E-state index contributed by atoms with van der Waals surface area (Å²) in [6.45, 7) is 3.58. The van der Waals surface area contributed by atoms with Gasteiger partial charge < -0.3 is 5.32 Å². The number of nitrogens with one attached hydrogen (secondary N) is 1. The van der Waals surface area contributed by atoms with E-state index in [4.69, 9.17) is 5.14 Å². The molecule has 1 heterocycles. The van der Waals surface area contributed by atoms with Crippen molar-refractivity contribution in [1.29, 1.82) is 0 Å². The highest BCUT2D eigenvalue weighted by atomic mass is 32.2. The lowest BCUT2D eigenvalue weighted by atomic mass is 10.1. The summed E-state index contributed by atoms with van der Waals surface area (Å²) in [5.41, 5.74) is 1.98. The minimum atomic E-state index is -3.82. The number of carbonyl (C=O) groups excluding carboxylic acids is 1. The largest absolute Gasteiger partial charge is 0.325 e. The molecule has 0 aliphatic rings. The zero-order chi connectivity index (χ0) is 17.0. The number of carbonyl (C=O) groups is 1. The molecule has 0 radical (unpaired) electrons. The second kappa shape index (κ2) is 7.12. The van der Waals surface area contributed by atoms with Crippen LogP contribution < -0.4 is 10.5 Å². The first-order valence-corrected chi connectivity index (χ1v) is 9.28. The first-order chi connectivity index (χ1) is 10.8. The maximum absolute atomic E-state index is 12.1. The number of pyridine rings is 1. The average Bonchev–Trinajstić information content (AvgIpc) is 2.49. The standard InChI is InChI=1S/C15H17N3O3S2/c1-10-7-12(23(16,20)21)8-13(11(10)2)18-14(19)9-22-15-5-3-4-6-17-15/h3-8H,9H2,1-2H3,(H,18,19)(H2,16,20,21). The van der Waals surface area contributed by atoms with Crippen LogP contribution in [0.1, 0.15) is 11.1 Å². The molecular weight excluding hydrogens is 334 g/mol. The molecule has 0 saturated carbocycles. The first-order valence-electron chi connectivity index (χ1n) is 6.75. The average molecular weight is 351 g/mol. The Morgan fingerprint density at radius 3 is 2.65 bits per heavy atom. The van der Waals surface area contributed by atoms with Crippen LogP contribution in [0, 0.1) is 13.8 Å². The number of aryl methyl sites for hydroxylation is 1. The van der Waals surface area contributed by atoms with Gasteiger partial charge in [0.2, 0.25) is 15.9 Å². The third-order valence-corrected chi connectivity index (χ3v) is 5.07. The summed E-state index contributed by atoms with van der Waals surface area (Å²) in [6.07, 6.45) is 1.66. The summed E-state index contributed by atoms with van der Waals surface area (Å²) < 4.78 is 23.0. The molecule has 2 rings (SSSR count). The van der Waals surface area contributed by atoms with Crippen LogP contribution in [0.5, 0.6) is 0 Å². The van der Waals surface area contributed by atoms with E-state index >= 15 is 0 Å². The number of nitrogens with two attached hydrogens (primary N) is 1. The van der Waals surface area contributed by atoms with Gasteiger partial charge in [-0.05, 0) is 49.2 Å². The lowest BCUT2D eigenvalue weighted by Crippen LogP contribution is -2.17.